The average Bonchev–Trinajstić information content (AvgIpc) is 2.40. The molecule has 0 aliphatic heterocycles. The van der Waals surface area contributed by atoms with Crippen molar-refractivity contribution in [2.75, 3.05) is 6.61 Å². The third-order valence-corrected chi connectivity index (χ3v) is 2.88. The van der Waals surface area contributed by atoms with E-state index in [0.29, 0.717) is 13.2 Å². The van der Waals surface area contributed by atoms with E-state index in [0.717, 1.165) is 5.56 Å². The summed E-state index contributed by atoms with van der Waals surface area (Å²) < 4.78 is 5.67. The van der Waals surface area contributed by atoms with Crippen LogP contribution in [-0.4, -0.2) is 6.61 Å². The summed E-state index contributed by atoms with van der Waals surface area (Å²) in [7, 11) is 0. The van der Waals surface area contributed by atoms with E-state index in [1.807, 2.05) is 36.4 Å². The molecule has 0 spiro atoms. The topological polar surface area (TPSA) is 35.2 Å². The van der Waals surface area contributed by atoms with Crippen LogP contribution >= 0.6 is 0 Å². The molecular weight excluding hydrogens is 222 g/mol. The van der Waals surface area contributed by atoms with Gasteiger partial charge < -0.3 is 10.5 Å². The van der Waals surface area contributed by atoms with Crippen LogP contribution in [0.25, 0.3) is 0 Å². The monoisotopic (exact) mass is 241 g/mol. The first-order valence-corrected chi connectivity index (χ1v) is 6.19. The van der Waals surface area contributed by atoms with E-state index in [9.17, 15) is 0 Å². The van der Waals surface area contributed by atoms with Gasteiger partial charge in [0.1, 0.15) is 0 Å². The van der Waals surface area contributed by atoms with E-state index < -0.39 is 0 Å². The minimum atomic E-state index is -0.0593. The highest BCUT2D eigenvalue weighted by Crippen LogP contribution is 2.11. The normalized spacial score (nSPS) is 12.3. The molecular formula is C16H19NO. The van der Waals surface area contributed by atoms with Gasteiger partial charge in [-0.1, -0.05) is 60.2 Å². The van der Waals surface area contributed by atoms with E-state index in [-0.39, 0.29) is 6.04 Å². The SMILES string of the molecule is Cc1cccc(COCC(N)c2ccccc2)c1. The van der Waals surface area contributed by atoms with Gasteiger partial charge in [-0.2, -0.15) is 0 Å². The van der Waals surface area contributed by atoms with Crippen LogP contribution in [0.1, 0.15) is 22.7 Å². The minimum Gasteiger partial charge on any atom is -0.375 e. The van der Waals surface area contributed by atoms with Crippen molar-refractivity contribution < 1.29 is 4.74 Å². The molecule has 0 bridgehead atoms. The Balaban J connectivity index is 1.82. The third-order valence-electron chi connectivity index (χ3n) is 2.88. The molecule has 2 N–H and O–H groups in total. The Bertz CT molecular complexity index is 481. The number of benzene rings is 2. The molecule has 0 fully saturated rings. The van der Waals surface area contributed by atoms with Crippen LogP contribution in [0, 0.1) is 6.92 Å². The average molecular weight is 241 g/mol. The first-order chi connectivity index (χ1) is 8.75. The highest BCUT2D eigenvalue weighted by molar-refractivity contribution is 5.21. The minimum absolute atomic E-state index is 0.0593. The molecule has 2 rings (SSSR count). The van der Waals surface area contributed by atoms with Crippen molar-refractivity contribution in [1.29, 1.82) is 0 Å². The molecule has 2 aromatic rings. The molecule has 0 aliphatic rings. The molecule has 0 saturated carbocycles. The first kappa shape index (κ1) is 12.8. The lowest BCUT2D eigenvalue weighted by Gasteiger charge is -2.12. The Morgan fingerprint density at radius 3 is 2.56 bits per heavy atom. The lowest BCUT2D eigenvalue weighted by molar-refractivity contribution is 0.108. The summed E-state index contributed by atoms with van der Waals surface area (Å²) in [5, 5.41) is 0. The van der Waals surface area contributed by atoms with Crippen molar-refractivity contribution in [2.45, 2.75) is 19.6 Å². The number of nitrogens with two attached hydrogens (primary N) is 1. The van der Waals surface area contributed by atoms with E-state index in [1.165, 1.54) is 11.1 Å². The van der Waals surface area contributed by atoms with Gasteiger partial charge in [0.2, 0.25) is 0 Å². The second-order valence-corrected chi connectivity index (χ2v) is 4.52. The maximum atomic E-state index is 6.06. The van der Waals surface area contributed by atoms with E-state index in [4.69, 9.17) is 10.5 Å². The summed E-state index contributed by atoms with van der Waals surface area (Å²) in [6, 6.07) is 18.3. The summed E-state index contributed by atoms with van der Waals surface area (Å²) in [5.74, 6) is 0. The number of hydrogen-bond acceptors (Lipinski definition) is 2. The number of aryl methyl sites for hydroxylation is 1. The lowest BCUT2D eigenvalue weighted by Crippen LogP contribution is -2.16. The van der Waals surface area contributed by atoms with E-state index >= 15 is 0 Å². The Hall–Kier alpha value is -1.64. The second kappa shape index (κ2) is 6.34. The summed E-state index contributed by atoms with van der Waals surface area (Å²) >= 11 is 0. The molecule has 0 heterocycles. The Labute approximate surface area is 108 Å². The summed E-state index contributed by atoms with van der Waals surface area (Å²) in [5.41, 5.74) is 9.62. The van der Waals surface area contributed by atoms with Gasteiger partial charge in [-0.25, -0.2) is 0 Å². The fraction of sp³-hybridized carbons (Fsp3) is 0.250. The molecule has 18 heavy (non-hydrogen) atoms. The van der Waals surface area contributed by atoms with Gasteiger partial charge >= 0.3 is 0 Å². The number of rotatable bonds is 5. The van der Waals surface area contributed by atoms with Crippen molar-refractivity contribution in [1.82, 2.24) is 0 Å². The zero-order valence-electron chi connectivity index (χ0n) is 10.7. The molecule has 0 aliphatic carbocycles. The van der Waals surface area contributed by atoms with Gasteiger partial charge in [-0.3, -0.25) is 0 Å². The lowest BCUT2D eigenvalue weighted by atomic mass is 10.1. The second-order valence-electron chi connectivity index (χ2n) is 4.52. The predicted octanol–water partition coefficient (Wildman–Crippen LogP) is 3.21. The van der Waals surface area contributed by atoms with Crippen LogP contribution in [0.15, 0.2) is 54.6 Å². The van der Waals surface area contributed by atoms with Gasteiger partial charge in [0, 0.05) is 0 Å². The highest BCUT2D eigenvalue weighted by atomic mass is 16.5. The smallest absolute Gasteiger partial charge is 0.0717 e. The third kappa shape index (κ3) is 3.69. The molecule has 2 nitrogen and oxygen atoms in total. The Morgan fingerprint density at radius 2 is 1.83 bits per heavy atom. The predicted molar refractivity (Wildman–Crippen MR) is 74.2 cm³/mol. The van der Waals surface area contributed by atoms with E-state index in [1.54, 1.807) is 0 Å². The van der Waals surface area contributed by atoms with Crippen molar-refractivity contribution in [3.05, 3.63) is 71.3 Å². The largest absolute Gasteiger partial charge is 0.375 e. The van der Waals surface area contributed by atoms with Crippen LogP contribution in [0.4, 0.5) is 0 Å². The molecule has 0 radical (unpaired) electrons. The Morgan fingerprint density at radius 1 is 1.06 bits per heavy atom. The quantitative estimate of drug-likeness (QED) is 0.872. The van der Waals surface area contributed by atoms with Gasteiger partial charge in [-0.05, 0) is 18.1 Å². The van der Waals surface area contributed by atoms with Crippen molar-refractivity contribution in [3.63, 3.8) is 0 Å². The van der Waals surface area contributed by atoms with Crippen LogP contribution in [0.2, 0.25) is 0 Å². The molecule has 2 aromatic carbocycles. The number of ether oxygens (including phenoxy) is 1. The van der Waals surface area contributed by atoms with Crippen molar-refractivity contribution in [3.8, 4) is 0 Å². The maximum absolute atomic E-state index is 6.06. The molecule has 94 valence electrons. The molecule has 2 heteroatoms. The van der Waals surface area contributed by atoms with Gasteiger partial charge in [-0.15, -0.1) is 0 Å². The highest BCUT2D eigenvalue weighted by Gasteiger charge is 2.05. The Kier molecular flexibility index (Phi) is 4.51. The van der Waals surface area contributed by atoms with Crippen LogP contribution < -0.4 is 5.73 Å². The fourth-order valence-corrected chi connectivity index (χ4v) is 1.90. The number of hydrogen-bond donors (Lipinski definition) is 1. The first-order valence-electron chi connectivity index (χ1n) is 6.19. The maximum Gasteiger partial charge on any atom is 0.0717 e. The zero-order chi connectivity index (χ0) is 12.8. The molecule has 1 atom stereocenters. The van der Waals surface area contributed by atoms with Crippen molar-refractivity contribution >= 4 is 0 Å². The van der Waals surface area contributed by atoms with Crippen LogP contribution in [-0.2, 0) is 11.3 Å². The molecule has 0 aromatic heterocycles. The summed E-state index contributed by atoms with van der Waals surface area (Å²) in [6.07, 6.45) is 0. The summed E-state index contributed by atoms with van der Waals surface area (Å²) in [6.45, 7) is 3.24. The molecule has 0 saturated heterocycles. The van der Waals surface area contributed by atoms with Crippen molar-refractivity contribution in [2.24, 2.45) is 5.73 Å². The summed E-state index contributed by atoms with van der Waals surface area (Å²) in [4.78, 5) is 0. The standard InChI is InChI=1S/C16H19NO/c1-13-6-5-7-14(10-13)11-18-12-16(17)15-8-3-2-4-9-15/h2-10,16H,11-12,17H2,1H3. The van der Waals surface area contributed by atoms with Crippen LogP contribution in [0.5, 0.6) is 0 Å². The molecule has 1 unspecified atom stereocenters. The van der Waals surface area contributed by atoms with Gasteiger partial charge in [0.05, 0.1) is 19.3 Å². The zero-order valence-corrected chi connectivity index (χ0v) is 10.7. The van der Waals surface area contributed by atoms with Crippen LogP contribution in [0.3, 0.4) is 0 Å². The van der Waals surface area contributed by atoms with E-state index in [2.05, 4.69) is 25.1 Å². The molecule has 0 amide bonds. The fourth-order valence-electron chi connectivity index (χ4n) is 1.90. The van der Waals surface area contributed by atoms with Gasteiger partial charge in [0.15, 0.2) is 0 Å². The van der Waals surface area contributed by atoms with Gasteiger partial charge in [0.25, 0.3) is 0 Å².